The molecule has 0 saturated heterocycles. The molecule has 0 saturated carbocycles. The summed E-state index contributed by atoms with van der Waals surface area (Å²) in [7, 11) is 1.55. The summed E-state index contributed by atoms with van der Waals surface area (Å²) in [5, 5.41) is 12.2. The van der Waals surface area contributed by atoms with Crippen LogP contribution in [0.15, 0.2) is 6.07 Å². The Morgan fingerprint density at radius 2 is 2.40 bits per heavy atom. The van der Waals surface area contributed by atoms with E-state index in [1.54, 1.807) is 7.11 Å². The van der Waals surface area contributed by atoms with E-state index in [1.807, 2.05) is 0 Å². The first-order valence-electron chi connectivity index (χ1n) is 4.32. The maximum absolute atomic E-state index is 9.01. The van der Waals surface area contributed by atoms with Gasteiger partial charge in [0.1, 0.15) is 11.0 Å². The number of aliphatic hydroxyl groups is 1. The molecule has 0 spiro atoms. The molecular weight excluding hydrogens is 220 g/mol. The van der Waals surface area contributed by atoms with Crippen LogP contribution in [0.2, 0.25) is 5.15 Å². The summed E-state index contributed by atoms with van der Waals surface area (Å²) in [6, 6.07) is 1.27. The van der Waals surface area contributed by atoms with Crippen LogP contribution < -0.4 is 11.1 Å². The van der Waals surface area contributed by atoms with E-state index in [4.69, 9.17) is 27.2 Å². The molecule has 1 unspecified atom stereocenters. The predicted molar refractivity (Wildman–Crippen MR) is 57.8 cm³/mol. The lowest BCUT2D eigenvalue weighted by atomic mass is 10.3. The van der Waals surface area contributed by atoms with E-state index in [1.165, 1.54) is 6.07 Å². The summed E-state index contributed by atoms with van der Waals surface area (Å²) in [4.78, 5) is 7.62. The minimum absolute atomic E-state index is 0.0740. The number of methoxy groups -OCH3 is 1. The highest BCUT2D eigenvalue weighted by molar-refractivity contribution is 6.29. The van der Waals surface area contributed by atoms with Crippen molar-refractivity contribution in [2.75, 3.05) is 31.4 Å². The van der Waals surface area contributed by atoms with Gasteiger partial charge in [-0.15, -0.1) is 0 Å². The maximum Gasteiger partial charge on any atom is 0.223 e. The number of hydrogen-bond acceptors (Lipinski definition) is 6. The number of anilines is 2. The first kappa shape index (κ1) is 12.0. The van der Waals surface area contributed by atoms with E-state index in [-0.39, 0.29) is 23.8 Å². The van der Waals surface area contributed by atoms with Gasteiger partial charge in [-0.3, -0.25) is 0 Å². The van der Waals surface area contributed by atoms with E-state index in [0.29, 0.717) is 12.4 Å². The van der Waals surface area contributed by atoms with Crippen molar-refractivity contribution in [3.63, 3.8) is 0 Å². The lowest BCUT2D eigenvalue weighted by molar-refractivity contribution is 0.153. The number of aliphatic hydroxyl groups excluding tert-OH is 1. The Morgan fingerprint density at radius 1 is 1.67 bits per heavy atom. The normalized spacial score (nSPS) is 12.5. The highest BCUT2D eigenvalue weighted by Gasteiger charge is 2.08. The van der Waals surface area contributed by atoms with Crippen molar-refractivity contribution >= 4 is 23.4 Å². The Morgan fingerprint density at radius 3 is 2.93 bits per heavy atom. The third-order valence-electron chi connectivity index (χ3n) is 1.65. The van der Waals surface area contributed by atoms with Crippen LogP contribution in [0.1, 0.15) is 0 Å². The van der Waals surface area contributed by atoms with Gasteiger partial charge in [0, 0.05) is 13.2 Å². The van der Waals surface area contributed by atoms with Crippen molar-refractivity contribution < 1.29 is 9.84 Å². The minimum Gasteiger partial charge on any atom is -0.394 e. The van der Waals surface area contributed by atoms with Crippen molar-refractivity contribution in [2.45, 2.75) is 6.04 Å². The highest BCUT2D eigenvalue weighted by atomic mass is 35.5. The van der Waals surface area contributed by atoms with Crippen LogP contribution in [0.4, 0.5) is 11.8 Å². The number of nitrogens with zero attached hydrogens (tertiary/aromatic N) is 2. The van der Waals surface area contributed by atoms with Gasteiger partial charge in [0.05, 0.1) is 19.3 Å². The SMILES string of the molecule is COCC(CO)Nc1cc(Cl)nc(N)n1. The summed E-state index contributed by atoms with van der Waals surface area (Å²) in [6.45, 7) is 0.285. The number of halogens is 1. The lowest BCUT2D eigenvalue weighted by Crippen LogP contribution is -2.29. The van der Waals surface area contributed by atoms with Crippen LogP contribution in [-0.2, 0) is 4.74 Å². The summed E-state index contributed by atoms with van der Waals surface area (Å²) >= 11 is 5.69. The van der Waals surface area contributed by atoms with Gasteiger partial charge in [-0.1, -0.05) is 11.6 Å². The standard InChI is InChI=1S/C8H13ClN4O2/c1-15-4-5(3-14)11-7-2-6(9)12-8(10)13-7/h2,5,14H,3-4H2,1H3,(H3,10,11,12,13). The average Bonchev–Trinajstić information content (AvgIpc) is 2.15. The van der Waals surface area contributed by atoms with Crippen LogP contribution >= 0.6 is 11.6 Å². The number of nitrogen functional groups attached to an aromatic ring is 1. The largest absolute Gasteiger partial charge is 0.394 e. The number of ether oxygens (including phenoxy) is 1. The quantitative estimate of drug-likeness (QED) is 0.625. The molecule has 84 valence electrons. The molecular formula is C8H13ClN4O2. The maximum atomic E-state index is 9.01. The molecule has 0 bridgehead atoms. The van der Waals surface area contributed by atoms with E-state index >= 15 is 0 Å². The molecule has 6 nitrogen and oxygen atoms in total. The van der Waals surface area contributed by atoms with Crippen LogP contribution in [0.5, 0.6) is 0 Å². The molecule has 0 aliphatic carbocycles. The van der Waals surface area contributed by atoms with Gasteiger partial charge in [-0.05, 0) is 0 Å². The predicted octanol–water partition coefficient (Wildman–Crippen LogP) is 0.131. The Hall–Kier alpha value is -1.11. The summed E-state index contributed by atoms with van der Waals surface area (Å²) in [6.07, 6.45) is 0. The van der Waals surface area contributed by atoms with Gasteiger partial charge >= 0.3 is 0 Å². The molecule has 0 radical (unpaired) electrons. The van der Waals surface area contributed by atoms with Crippen LogP contribution in [-0.4, -0.2) is 41.4 Å². The smallest absolute Gasteiger partial charge is 0.223 e. The first-order chi connectivity index (χ1) is 7.15. The fourth-order valence-electron chi connectivity index (χ4n) is 1.06. The van der Waals surface area contributed by atoms with Crippen molar-refractivity contribution in [3.05, 3.63) is 11.2 Å². The molecule has 0 aliphatic heterocycles. The molecule has 7 heteroatoms. The zero-order chi connectivity index (χ0) is 11.3. The van der Waals surface area contributed by atoms with Crippen molar-refractivity contribution in [2.24, 2.45) is 0 Å². The second kappa shape index (κ2) is 5.69. The van der Waals surface area contributed by atoms with E-state index < -0.39 is 0 Å². The Bertz CT molecular complexity index is 303. The van der Waals surface area contributed by atoms with Crippen LogP contribution in [0.3, 0.4) is 0 Å². The number of hydrogen-bond donors (Lipinski definition) is 3. The minimum atomic E-state index is -0.250. The molecule has 1 heterocycles. The number of rotatable bonds is 5. The van der Waals surface area contributed by atoms with E-state index in [2.05, 4.69) is 15.3 Å². The van der Waals surface area contributed by atoms with Crippen molar-refractivity contribution in [3.8, 4) is 0 Å². The first-order valence-corrected chi connectivity index (χ1v) is 4.70. The molecule has 0 fully saturated rings. The van der Waals surface area contributed by atoms with E-state index in [9.17, 15) is 0 Å². The number of nitrogens with two attached hydrogens (primary N) is 1. The molecule has 1 aromatic heterocycles. The summed E-state index contributed by atoms with van der Waals surface area (Å²) in [5.74, 6) is 0.544. The second-order valence-electron chi connectivity index (χ2n) is 2.91. The van der Waals surface area contributed by atoms with Crippen LogP contribution in [0, 0.1) is 0 Å². The Kier molecular flexibility index (Phi) is 4.54. The van der Waals surface area contributed by atoms with Crippen molar-refractivity contribution in [1.29, 1.82) is 0 Å². The van der Waals surface area contributed by atoms with E-state index in [0.717, 1.165) is 0 Å². The monoisotopic (exact) mass is 232 g/mol. The zero-order valence-corrected chi connectivity index (χ0v) is 9.03. The molecule has 15 heavy (non-hydrogen) atoms. The fourth-order valence-corrected chi connectivity index (χ4v) is 1.25. The summed E-state index contributed by atoms with van der Waals surface area (Å²) < 4.78 is 4.90. The molecule has 1 atom stereocenters. The number of aromatic nitrogens is 2. The third-order valence-corrected chi connectivity index (χ3v) is 1.85. The molecule has 4 N–H and O–H groups in total. The molecule has 1 aromatic rings. The Balaban J connectivity index is 2.69. The fraction of sp³-hybridized carbons (Fsp3) is 0.500. The topological polar surface area (TPSA) is 93.3 Å². The molecule has 0 aliphatic rings. The number of nitrogens with one attached hydrogen (secondary N) is 1. The van der Waals surface area contributed by atoms with Gasteiger partial charge in [-0.25, -0.2) is 4.98 Å². The molecule has 1 rings (SSSR count). The Labute approximate surface area is 92.4 Å². The average molecular weight is 233 g/mol. The van der Waals surface area contributed by atoms with Crippen LogP contribution in [0.25, 0.3) is 0 Å². The van der Waals surface area contributed by atoms with Gasteiger partial charge in [0.25, 0.3) is 0 Å². The third kappa shape index (κ3) is 3.86. The summed E-state index contributed by atoms with van der Waals surface area (Å²) in [5.41, 5.74) is 5.41. The van der Waals surface area contributed by atoms with Gasteiger partial charge in [0.15, 0.2) is 0 Å². The van der Waals surface area contributed by atoms with Gasteiger partial charge in [0.2, 0.25) is 5.95 Å². The van der Waals surface area contributed by atoms with Crippen molar-refractivity contribution in [1.82, 2.24) is 9.97 Å². The molecule has 0 aromatic carbocycles. The molecule has 0 amide bonds. The lowest BCUT2D eigenvalue weighted by Gasteiger charge is -2.15. The second-order valence-corrected chi connectivity index (χ2v) is 3.30. The highest BCUT2D eigenvalue weighted by Crippen LogP contribution is 2.13. The van der Waals surface area contributed by atoms with Gasteiger partial charge in [-0.2, -0.15) is 4.98 Å². The van der Waals surface area contributed by atoms with Gasteiger partial charge < -0.3 is 20.9 Å². The zero-order valence-electron chi connectivity index (χ0n) is 8.27.